The number of hydrogen-bond acceptors (Lipinski definition) is 5. The van der Waals surface area contributed by atoms with Crippen LogP contribution in [-0.2, 0) is 16.0 Å². The summed E-state index contributed by atoms with van der Waals surface area (Å²) < 4.78 is 15.6. The number of ether oxygens (including phenoxy) is 3. The molecule has 0 spiro atoms. The molecule has 17 heavy (non-hydrogen) atoms. The maximum absolute atomic E-state index is 5.43. The average molecular weight is 238 g/mol. The highest BCUT2D eigenvalue weighted by molar-refractivity contribution is 5.17. The number of hydrogen-bond donors (Lipinski definition) is 1. The monoisotopic (exact) mass is 238 g/mol. The zero-order valence-electron chi connectivity index (χ0n) is 10.0. The van der Waals surface area contributed by atoms with E-state index >= 15 is 0 Å². The van der Waals surface area contributed by atoms with Crippen molar-refractivity contribution in [2.45, 2.75) is 19.1 Å². The molecule has 5 nitrogen and oxygen atoms in total. The minimum Gasteiger partial charge on any atom is -0.481 e. The molecule has 5 heteroatoms. The van der Waals surface area contributed by atoms with E-state index in [2.05, 4.69) is 10.3 Å². The van der Waals surface area contributed by atoms with Crippen LogP contribution in [0.1, 0.15) is 12.0 Å². The molecule has 2 rings (SSSR count). The van der Waals surface area contributed by atoms with E-state index in [4.69, 9.17) is 14.2 Å². The molecule has 0 saturated carbocycles. The summed E-state index contributed by atoms with van der Waals surface area (Å²) in [4.78, 5) is 4.15. The van der Waals surface area contributed by atoms with Crippen molar-refractivity contribution in [3.63, 3.8) is 0 Å². The third kappa shape index (κ3) is 3.96. The van der Waals surface area contributed by atoms with Gasteiger partial charge in [-0.1, -0.05) is 6.07 Å². The number of nitrogens with zero attached hydrogens (tertiary/aromatic N) is 1. The van der Waals surface area contributed by atoms with Gasteiger partial charge in [0, 0.05) is 25.4 Å². The van der Waals surface area contributed by atoms with Gasteiger partial charge in [0.1, 0.15) is 6.79 Å². The molecule has 1 aromatic heterocycles. The molecule has 0 amide bonds. The van der Waals surface area contributed by atoms with E-state index in [9.17, 15) is 0 Å². The smallest absolute Gasteiger partial charge is 0.212 e. The van der Waals surface area contributed by atoms with Crippen molar-refractivity contribution < 1.29 is 14.2 Å². The second-order valence-electron chi connectivity index (χ2n) is 3.94. The van der Waals surface area contributed by atoms with E-state index in [-0.39, 0.29) is 6.10 Å². The first kappa shape index (κ1) is 12.3. The normalized spacial score (nSPS) is 20.2. The Morgan fingerprint density at radius 1 is 1.53 bits per heavy atom. The van der Waals surface area contributed by atoms with Crippen LogP contribution in [0, 0.1) is 0 Å². The van der Waals surface area contributed by atoms with Crippen LogP contribution in [0.4, 0.5) is 0 Å². The first-order valence-corrected chi connectivity index (χ1v) is 5.77. The largest absolute Gasteiger partial charge is 0.481 e. The van der Waals surface area contributed by atoms with Gasteiger partial charge in [0.15, 0.2) is 0 Å². The second-order valence-corrected chi connectivity index (χ2v) is 3.94. The molecule has 0 aliphatic carbocycles. The van der Waals surface area contributed by atoms with Gasteiger partial charge in [0.2, 0.25) is 5.88 Å². The van der Waals surface area contributed by atoms with Gasteiger partial charge in [-0.05, 0) is 12.0 Å². The number of pyridine rings is 1. The Morgan fingerprint density at radius 3 is 3.12 bits per heavy atom. The summed E-state index contributed by atoms with van der Waals surface area (Å²) in [7, 11) is 1.61. The molecule has 0 bridgehead atoms. The maximum Gasteiger partial charge on any atom is 0.212 e. The van der Waals surface area contributed by atoms with E-state index in [1.54, 1.807) is 7.11 Å². The molecule has 1 aromatic rings. The van der Waals surface area contributed by atoms with Gasteiger partial charge >= 0.3 is 0 Å². The molecule has 1 aliphatic rings. The highest BCUT2D eigenvalue weighted by atomic mass is 16.7. The average Bonchev–Trinajstić information content (AvgIpc) is 2.41. The molecule has 0 aromatic carbocycles. The van der Waals surface area contributed by atoms with E-state index in [0.717, 1.165) is 31.7 Å². The summed E-state index contributed by atoms with van der Waals surface area (Å²) in [6.07, 6.45) is 3.03. The Morgan fingerprint density at radius 2 is 2.47 bits per heavy atom. The van der Waals surface area contributed by atoms with Gasteiger partial charge in [-0.25, -0.2) is 4.98 Å². The molecular formula is C12H18N2O3. The van der Waals surface area contributed by atoms with Crippen LogP contribution >= 0.6 is 0 Å². The molecule has 1 aliphatic heterocycles. The second kappa shape index (κ2) is 6.54. The molecule has 1 atom stereocenters. The minimum absolute atomic E-state index is 0.259. The summed E-state index contributed by atoms with van der Waals surface area (Å²) in [5.74, 6) is 0.640. The van der Waals surface area contributed by atoms with Gasteiger partial charge < -0.3 is 19.5 Å². The topological polar surface area (TPSA) is 52.6 Å². The zero-order valence-corrected chi connectivity index (χ0v) is 10.0. The van der Waals surface area contributed by atoms with Crippen molar-refractivity contribution in [3.05, 3.63) is 23.9 Å². The Hall–Kier alpha value is -1.17. The molecule has 1 saturated heterocycles. The van der Waals surface area contributed by atoms with E-state index < -0.39 is 0 Å². The maximum atomic E-state index is 5.43. The molecule has 1 unspecified atom stereocenters. The molecular weight excluding hydrogens is 220 g/mol. The summed E-state index contributed by atoms with van der Waals surface area (Å²) in [5, 5.41) is 3.35. The van der Waals surface area contributed by atoms with Gasteiger partial charge in [-0.15, -0.1) is 0 Å². The fourth-order valence-electron chi connectivity index (χ4n) is 1.68. The lowest BCUT2D eigenvalue weighted by Gasteiger charge is -2.22. The Labute approximate surface area is 101 Å². The predicted octanol–water partition coefficient (Wildman–Crippen LogP) is 0.943. The molecule has 2 heterocycles. The number of methoxy groups -OCH3 is 1. The Balaban J connectivity index is 1.69. The molecule has 1 fully saturated rings. The summed E-state index contributed by atoms with van der Waals surface area (Å²) >= 11 is 0. The third-order valence-electron chi connectivity index (χ3n) is 2.68. The van der Waals surface area contributed by atoms with Crippen LogP contribution in [0.5, 0.6) is 5.88 Å². The Kier molecular flexibility index (Phi) is 4.73. The summed E-state index contributed by atoms with van der Waals surface area (Å²) in [6, 6.07) is 3.87. The van der Waals surface area contributed by atoms with Crippen LogP contribution in [0.3, 0.4) is 0 Å². The van der Waals surface area contributed by atoms with Crippen molar-refractivity contribution in [2.75, 3.05) is 27.1 Å². The van der Waals surface area contributed by atoms with Gasteiger partial charge in [0.05, 0.1) is 19.8 Å². The summed E-state index contributed by atoms with van der Waals surface area (Å²) in [5.41, 5.74) is 1.14. The lowest BCUT2D eigenvalue weighted by molar-refractivity contribution is -0.137. The quantitative estimate of drug-likeness (QED) is 0.827. The van der Waals surface area contributed by atoms with Crippen molar-refractivity contribution in [1.82, 2.24) is 10.3 Å². The van der Waals surface area contributed by atoms with Crippen LogP contribution in [0.2, 0.25) is 0 Å². The molecule has 1 N–H and O–H groups in total. The fourth-order valence-corrected chi connectivity index (χ4v) is 1.68. The summed E-state index contributed by atoms with van der Waals surface area (Å²) in [6.45, 7) is 2.83. The van der Waals surface area contributed by atoms with E-state index in [1.807, 2.05) is 18.3 Å². The highest BCUT2D eigenvalue weighted by Gasteiger charge is 2.13. The first-order valence-electron chi connectivity index (χ1n) is 5.77. The third-order valence-corrected chi connectivity index (χ3v) is 2.68. The van der Waals surface area contributed by atoms with E-state index in [0.29, 0.717) is 12.7 Å². The van der Waals surface area contributed by atoms with Gasteiger partial charge in [-0.3, -0.25) is 0 Å². The van der Waals surface area contributed by atoms with Gasteiger partial charge in [-0.2, -0.15) is 0 Å². The minimum atomic E-state index is 0.259. The van der Waals surface area contributed by atoms with E-state index in [1.165, 1.54) is 0 Å². The molecule has 0 radical (unpaired) electrons. The van der Waals surface area contributed by atoms with Gasteiger partial charge in [0.25, 0.3) is 0 Å². The Bertz CT molecular complexity index is 323. The van der Waals surface area contributed by atoms with Crippen molar-refractivity contribution in [2.24, 2.45) is 0 Å². The number of rotatable bonds is 5. The lowest BCUT2D eigenvalue weighted by atomic mass is 10.2. The van der Waals surface area contributed by atoms with Crippen LogP contribution < -0.4 is 10.1 Å². The highest BCUT2D eigenvalue weighted by Crippen LogP contribution is 2.07. The predicted molar refractivity (Wildman–Crippen MR) is 62.8 cm³/mol. The van der Waals surface area contributed by atoms with Crippen molar-refractivity contribution in [1.29, 1.82) is 0 Å². The van der Waals surface area contributed by atoms with Crippen molar-refractivity contribution in [3.8, 4) is 5.88 Å². The number of aromatic nitrogens is 1. The SMILES string of the molecule is COc1ccc(CNCC2CCOCO2)cn1. The fraction of sp³-hybridized carbons (Fsp3) is 0.583. The number of nitrogens with one attached hydrogen (secondary N) is 1. The van der Waals surface area contributed by atoms with Crippen molar-refractivity contribution >= 4 is 0 Å². The van der Waals surface area contributed by atoms with Crippen LogP contribution in [-0.4, -0.2) is 38.1 Å². The van der Waals surface area contributed by atoms with Crippen LogP contribution in [0.15, 0.2) is 18.3 Å². The van der Waals surface area contributed by atoms with Crippen LogP contribution in [0.25, 0.3) is 0 Å². The molecule has 94 valence electrons. The first-order chi connectivity index (χ1) is 8.38. The zero-order chi connectivity index (χ0) is 11.9. The lowest BCUT2D eigenvalue weighted by Crippen LogP contribution is -2.33. The standard InChI is InChI=1S/C12H18N2O3/c1-15-12-3-2-10(7-14-12)6-13-8-11-4-5-16-9-17-11/h2-3,7,11,13H,4-6,8-9H2,1H3.